The lowest BCUT2D eigenvalue weighted by molar-refractivity contribution is 0.128. The Morgan fingerprint density at radius 1 is 1.03 bits per heavy atom. The summed E-state index contributed by atoms with van der Waals surface area (Å²) in [5, 5.41) is 1.10. The molecular formula is C25H38N2O3Si. The molecule has 0 amide bonds. The van der Waals surface area contributed by atoms with Gasteiger partial charge >= 0.3 is 0 Å². The van der Waals surface area contributed by atoms with Crippen molar-refractivity contribution in [2.45, 2.75) is 77.7 Å². The fourth-order valence-corrected chi connectivity index (χ4v) is 10.6. The first kappa shape index (κ1) is 23.8. The number of benzene rings is 1. The minimum atomic E-state index is -1.82. The monoisotopic (exact) mass is 442 g/mol. The van der Waals surface area contributed by atoms with Gasteiger partial charge in [-0.15, -0.1) is 0 Å². The first-order valence-corrected chi connectivity index (χ1v) is 13.6. The number of hydrogen-bond acceptors (Lipinski definition) is 4. The Morgan fingerprint density at radius 3 is 2.39 bits per heavy atom. The molecule has 5 nitrogen and oxygen atoms in total. The highest BCUT2D eigenvalue weighted by molar-refractivity contribution is 6.77. The van der Waals surface area contributed by atoms with Crippen molar-refractivity contribution in [3.8, 4) is 11.3 Å². The molecule has 0 aliphatic rings. The summed E-state index contributed by atoms with van der Waals surface area (Å²) >= 11 is 0. The molecule has 3 aromatic rings. The highest BCUT2D eigenvalue weighted by Gasteiger charge is 2.44. The van der Waals surface area contributed by atoms with Crippen molar-refractivity contribution in [1.82, 2.24) is 9.55 Å². The number of ether oxygens (including phenoxy) is 1. The van der Waals surface area contributed by atoms with Gasteiger partial charge in [0, 0.05) is 37.3 Å². The zero-order chi connectivity index (χ0) is 22.6. The maximum absolute atomic E-state index is 6.72. The van der Waals surface area contributed by atoms with Crippen molar-refractivity contribution >= 4 is 19.3 Å². The van der Waals surface area contributed by atoms with Crippen LogP contribution in [0, 0.1) is 0 Å². The highest BCUT2D eigenvalue weighted by atomic mass is 28.4. The Labute approximate surface area is 187 Å². The molecule has 0 bridgehead atoms. The predicted molar refractivity (Wildman–Crippen MR) is 130 cm³/mol. The van der Waals surface area contributed by atoms with Crippen molar-refractivity contribution in [1.29, 1.82) is 0 Å². The molecule has 0 N–H and O–H groups in total. The van der Waals surface area contributed by atoms with E-state index in [1.54, 1.807) is 13.4 Å². The molecule has 31 heavy (non-hydrogen) atoms. The summed E-state index contributed by atoms with van der Waals surface area (Å²) in [6.45, 7) is 15.3. The molecule has 0 atom stereocenters. The normalized spacial score (nSPS) is 12.7. The summed E-state index contributed by atoms with van der Waals surface area (Å²) in [7, 11) is -0.106. The molecule has 0 spiro atoms. The second-order valence-electron chi connectivity index (χ2n) is 9.37. The quantitative estimate of drug-likeness (QED) is 0.236. The van der Waals surface area contributed by atoms with Gasteiger partial charge in [-0.1, -0.05) is 53.7 Å². The van der Waals surface area contributed by atoms with Crippen LogP contribution >= 0.6 is 0 Å². The van der Waals surface area contributed by atoms with Crippen LogP contribution in [0.25, 0.3) is 22.2 Å². The van der Waals surface area contributed by atoms with E-state index in [0.29, 0.717) is 23.4 Å². The van der Waals surface area contributed by atoms with Gasteiger partial charge < -0.3 is 18.1 Å². The van der Waals surface area contributed by atoms with Crippen LogP contribution in [0.2, 0.25) is 16.6 Å². The average Bonchev–Trinajstić information content (AvgIpc) is 3.33. The van der Waals surface area contributed by atoms with E-state index in [1.165, 1.54) is 0 Å². The number of methoxy groups -OCH3 is 1. The van der Waals surface area contributed by atoms with Gasteiger partial charge in [-0.05, 0) is 35.2 Å². The standard InChI is InChI=1S/C25H38N2O3Si/c1-18(2)31(19(3)4,20(5)6)30-13-8-9-25-26-23(16-27(25)17-28-7)22-11-10-21-12-14-29-24(21)15-22/h10-12,14-16,18-20H,8-9,13,17H2,1-7H3. The number of furan rings is 1. The van der Waals surface area contributed by atoms with Gasteiger partial charge in [0.15, 0.2) is 8.32 Å². The molecular weight excluding hydrogens is 404 g/mol. The number of hydrogen-bond donors (Lipinski definition) is 0. The Balaban J connectivity index is 1.72. The Bertz CT molecular complexity index is 952. The molecule has 0 unspecified atom stereocenters. The molecule has 0 fully saturated rings. The molecule has 0 saturated carbocycles. The lowest BCUT2D eigenvalue weighted by Gasteiger charge is -2.42. The summed E-state index contributed by atoms with van der Waals surface area (Å²) in [6.07, 6.45) is 5.61. The third kappa shape index (κ3) is 4.97. The first-order chi connectivity index (χ1) is 14.8. The highest BCUT2D eigenvalue weighted by Crippen LogP contribution is 2.42. The van der Waals surface area contributed by atoms with Crippen LogP contribution in [0.1, 0.15) is 53.8 Å². The summed E-state index contributed by atoms with van der Waals surface area (Å²) < 4.78 is 19.8. The van der Waals surface area contributed by atoms with Crippen molar-refractivity contribution in [2.75, 3.05) is 13.7 Å². The summed E-state index contributed by atoms with van der Waals surface area (Å²) in [5.74, 6) is 1.03. The number of rotatable bonds is 11. The summed E-state index contributed by atoms with van der Waals surface area (Å²) in [4.78, 5) is 4.93. The van der Waals surface area contributed by atoms with E-state index < -0.39 is 8.32 Å². The van der Waals surface area contributed by atoms with E-state index >= 15 is 0 Å². The molecule has 0 aliphatic heterocycles. The average molecular weight is 443 g/mol. The number of aromatic nitrogens is 2. The third-order valence-electron chi connectivity index (χ3n) is 6.48. The van der Waals surface area contributed by atoms with Gasteiger partial charge in [-0.25, -0.2) is 4.98 Å². The van der Waals surface area contributed by atoms with Gasteiger partial charge in [0.2, 0.25) is 0 Å². The van der Waals surface area contributed by atoms with E-state index in [0.717, 1.165) is 47.5 Å². The van der Waals surface area contributed by atoms with Crippen molar-refractivity contribution in [2.24, 2.45) is 0 Å². The Kier molecular flexibility index (Phi) is 7.78. The van der Waals surface area contributed by atoms with Gasteiger partial charge in [-0.2, -0.15) is 0 Å². The predicted octanol–water partition coefficient (Wildman–Crippen LogP) is 7.02. The maximum Gasteiger partial charge on any atom is 0.200 e. The fourth-order valence-electron chi connectivity index (χ4n) is 5.14. The zero-order valence-corrected chi connectivity index (χ0v) is 21.1. The van der Waals surface area contributed by atoms with Gasteiger partial charge in [0.1, 0.15) is 18.1 Å². The van der Waals surface area contributed by atoms with E-state index in [1.807, 2.05) is 6.07 Å². The van der Waals surface area contributed by atoms with Crippen LogP contribution in [-0.4, -0.2) is 31.6 Å². The van der Waals surface area contributed by atoms with Gasteiger partial charge in [0.05, 0.1) is 12.0 Å². The van der Waals surface area contributed by atoms with Crippen LogP contribution in [0.3, 0.4) is 0 Å². The molecule has 2 aromatic heterocycles. The van der Waals surface area contributed by atoms with Crippen LogP contribution in [0.4, 0.5) is 0 Å². The molecule has 0 aliphatic carbocycles. The van der Waals surface area contributed by atoms with Crippen LogP contribution in [0.5, 0.6) is 0 Å². The van der Waals surface area contributed by atoms with E-state index in [-0.39, 0.29) is 0 Å². The SMILES string of the molecule is COCn1cc(-c2ccc3ccoc3c2)nc1CCCO[Si](C(C)C)(C(C)C)C(C)C. The number of imidazole rings is 1. The van der Waals surface area contributed by atoms with E-state index in [2.05, 4.69) is 70.5 Å². The van der Waals surface area contributed by atoms with Crippen molar-refractivity contribution < 1.29 is 13.6 Å². The molecule has 2 heterocycles. The molecule has 6 heteroatoms. The number of fused-ring (bicyclic) bond motifs is 1. The zero-order valence-electron chi connectivity index (χ0n) is 20.1. The third-order valence-corrected chi connectivity index (χ3v) is 12.6. The molecule has 0 radical (unpaired) electrons. The van der Waals surface area contributed by atoms with E-state index in [4.69, 9.17) is 18.6 Å². The molecule has 1 aromatic carbocycles. The van der Waals surface area contributed by atoms with Crippen LogP contribution in [-0.2, 0) is 22.3 Å². The molecule has 3 rings (SSSR count). The van der Waals surface area contributed by atoms with Crippen LogP contribution < -0.4 is 0 Å². The number of aryl methyl sites for hydroxylation is 1. The van der Waals surface area contributed by atoms with Crippen molar-refractivity contribution in [3.63, 3.8) is 0 Å². The number of nitrogens with zero attached hydrogens (tertiary/aromatic N) is 2. The Hall–Kier alpha value is -1.89. The van der Waals surface area contributed by atoms with Crippen molar-refractivity contribution in [3.05, 3.63) is 42.5 Å². The molecule has 170 valence electrons. The van der Waals surface area contributed by atoms with Gasteiger partial charge in [-0.3, -0.25) is 0 Å². The van der Waals surface area contributed by atoms with E-state index in [9.17, 15) is 0 Å². The second kappa shape index (κ2) is 10.2. The topological polar surface area (TPSA) is 49.4 Å². The molecule has 0 saturated heterocycles. The fraction of sp³-hybridized carbons (Fsp3) is 0.560. The van der Waals surface area contributed by atoms with Gasteiger partial charge in [0.25, 0.3) is 0 Å². The Morgan fingerprint density at radius 2 is 1.74 bits per heavy atom. The maximum atomic E-state index is 6.72. The lowest BCUT2D eigenvalue weighted by Crippen LogP contribution is -2.48. The first-order valence-electron chi connectivity index (χ1n) is 11.5. The minimum Gasteiger partial charge on any atom is -0.464 e. The smallest absolute Gasteiger partial charge is 0.200 e. The summed E-state index contributed by atoms with van der Waals surface area (Å²) in [6, 6.07) is 8.20. The largest absolute Gasteiger partial charge is 0.464 e. The second-order valence-corrected chi connectivity index (χ2v) is 14.8. The lowest BCUT2D eigenvalue weighted by atomic mass is 10.1. The summed E-state index contributed by atoms with van der Waals surface area (Å²) in [5.41, 5.74) is 4.69. The van der Waals surface area contributed by atoms with Crippen LogP contribution in [0.15, 0.2) is 41.1 Å². The minimum absolute atomic E-state index is 0.495.